The van der Waals surface area contributed by atoms with E-state index < -0.39 is 0 Å². The summed E-state index contributed by atoms with van der Waals surface area (Å²) in [5.41, 5.74) is 10.5. The Kier molecular flexibility index (Phi) is 4.43. The van der Waals surface area contributed by atoms with Crippen molar-refractivity contribution in [3.05, 3.63) is 45.9 Å². The number of nitrogens with one attached hydrogen (secondary N) is 2. The second-order valence-electron chi connectivity index (χ2n) is 8.46. The first-order chi connectivity index (χ1) is 14.5. The molecule has 0 amide bonds. The number of fused-ring (bicyclic) bond motifs is 2. The van der Waals surface area contributed by atoms with Crippen molar-refractivity contribution in [1.29, 1.82) is 0 Å². The molecule has 1 aromatic carbocycles. The smallest absolute Gasteiger partial charge is 0.288 e. The molecule has 1 aliphatic rings. The van der Waals surface area contributed by atoms with E-state index in [0.717, 1.165) is 53.5 Å². The van der Waals surface area contributed by atoms with Crippen LogP contribution in [-0.4, -0.2) is 27.9 Å². The first-order valence-corrected chi connectivity index (χ1v) is 10.5. The molecule has 0 bridgehead atoms. The number of benzene rings is 1. The number of nitrogens with zero attached hydrogens (tertiary/aromatic N) is 2. The maximum absolute atomic E-state index is 12.8. The molecule has 1 aliphatic carbocycles. The van der Waals surface area contributed by atoms with Crippen LogP contribution in [0.2, 0.25) is 0 Å². The Bertz CT molecular complexity index is 1300. The van der Waals surface area contributed by atoms with Crippen LogP contribution in [0.3, 0.4) is 0 Å². The molecule has 30 heavy (non-hydrogen) atoms. The van der Waals surface area contributed by atoms with Gasteiger partial charge in [-0.3, -0.25) is 4.79 Å². The number of anilines is 1. The number of H-pyrrole nitrogens is 1. The Morgan fingerprint density at radius 2 is 2.00 bits per heavy atom. The zero-order valence-electron chi connectivity index (χ0n) is 17.6. The van der Waals surface area contributed by atoms with E-state index >= 15 is 0 Å². The minimum atomic E-state index is -0.217. The summed E-state index contributed by atoms with van der Waals surface area (Å²) in [6.45, 7) is 4.12. The summed E-state index contributed by atoms with van der Waals surface area (Å²) in [5, 5.41) is 11.7. The standard InChI is InChI=1S/C23H27N5O2/c1-12-4-9-18-16(10-12)13(2)21(30-18)17-11-28(15-7-5-14(25-3)6-8-15)20-19(17)22(24)26-27-23(20)29/h4,9-11,14-15,25H,5-8H2,1-3H3,(H2,24,26)(H,27,29). The lowest BCUT2D eigenvalue weighted by molar-refractivity contribution is 0.305. The second kappa shape index (κ2) is 7.02. The fourth-order valence-corrected chi connectivity index (χ4v) is 4.93. The number of furan rings is 1. The topological polar surface area (TPSA) is 102 Å². The van der Waals surface area contributed by atoms with Gasteiger partial charge in [-0.25, -0.2) is 5.10 Å². The average Bonchev–Trinajstić information content (AvgIpc) is 3.30. The minimum absolute atomic E-state index is 0.217. The Labute approximate surface area is 174 Å². The Morgan fingerprint density at radius 3 is 2.73 bits per heavy atom. The first-order valence-electron chi connectivity index (χ1n) is 10.5. The molecule has 3 heterocycles. The van der Waals surface area contributed by atoms with Crippen LogP contribution >= 0.6 is 0 Å². The number of nitrogens with two attached hydrogens (primary N) is 1. The lowest BCUT2D eigenvalue weighted by Gasteiger charge is -2.29. The fourth-order valence-electron chi connectivity index (χ4n) is 4.93. The van der Waals surface area contributed by atoms with Crippen molar-refractivity contribution in [3.63, 3.8) is 0 Å². The number of aromatic nitrogens is 3. The van der Waals surface area contributed by atoms with E-state index in [-0.39, 0.29) is 11.6 Å². The lowest BCUT2D eigenvalue weighted by atomic mass is 9.91. The largest absolute Gasteiger partial charge is 0.456 e. The van der Waals surface area contributed by atoms with Crippen LogP contribution in [0.4, 0.5) is 5.82 Å². The number of hydrogen-bond donors (Lipinski definition) is 3. The number of hydrogen-bond acceptors (Lipinski definition) is 5. The monoisotopic (exact) mass is 405 g/mol. The molecular formula is C23H27N5O2. The number of aryl methyl sites for hydroxylation is 2. The summed E-state index contributed by atoms with van der Waals surface area (Å²) in [7, 11) is 2.01. The van der Waals surface area contributed by atoms with E-state index in [1.807, 2.05) is 25.4 Å². The van der Waals surface area contributed by atoms with E-state index in [0.29, 0.717) is 22.8 Å². The summed E-state index contributed by atoms with van der Waals surface area (Å²) in [6, 6.07) is 6.95. The summed E-state index contributed by atoms with van der Waals surface area (Å²) < 4.78 is 8.36. The molecule has 5 rings (SSSR count). The van der Waals surface area contributed by atoms with Gasteiger partial charge in [-0.1, -0.05) is 11.6 Å². The van der Waals surface area contributed by atoms with Gasteiger partial charge in [-0.2, -0.15) is 5.10 Å². The van der Waals surface area contributed by atoms with Crippen LogP contribution < -0.4 is 16.6 Å². The highest BCUT2D eigenvalue weighted by atomic mass is 16.3. The lowest BCUT2D eigenvalue weighted by Crippen LogP contribution is -2.31. The molecule has 3 aromatic heterocycles. The van der Waals surface area contributed by atoms with Gasteiger partial charge in [0, 0.05) is 34.8 Å². The summed E-state index contributed by atoms with van der Waals surface area (Å²) in [5.74, 6) is 1.07. The van der Waals surface area contributed by atoms with Gasteiger partial charge in [0.1, 0.15) is 16.9 Å². The van der Waals surface area contributed by atoms with Crippen molar-refractivity contribution in [2.24, 2.45) is 0 Å². The zero-order valence-corrected chi connectivity index (χ0v) is 17.6. The third-order valence-corrected chi connectivity index (χ3v) is 6.62. The number of rotatable bonds is 3. The van der Waals surface area contributed by atoms with Gasteiger partial charge in [0.2, 0.25) is 0 Å². The quantitative estimate of drug-likeness (QED) is 0.477. The Morgan fingerprint density at radius 1 is 1.23 bits per heavy atom. The van der Waals surface area contributed by atoms with Crippen LogP contribution in [0.25, 0.3) is 33.2 Å². The first kappa shape index (κ1) is 18.9. The van der Waals surface area contributed by atoms with Gasteiger partial charge in [0.05, 0.1) is 5.39 Å². The van der Waals surface area contributed by atoms with Gasteiger partial charge in [-0.15, -0.1) is 0 Å². The van der Waals surface area contributed by atoms with Crippen molar-refractivity contribution < 1.29 is 4.42 Å². The zero-order chi connectivity index (χ0) is 21.0. The molecule has 4 aromatic rings. The fraction of sp³-hybridized carbons (Fsp3) is 0.391. The predicted octanol–water partition coefficient (Wildman–Crippen LogP) is 4.04. The van der Waals surface area contributed by atoms with E-state index in [1.54, 1.807) is 0 Å². The van der Waals surface area contributed by atoms with Crippen LogP contribution in [0.1, 0.15) is 42.9 Å². The third kappa shape index (κ3) is 2.84. The van der Waals surface area contributed by atoms with E-state index in [1.165, 1.54) is 5.56 Å². The molecule has 0 atom stereocenters. The maximum Gasteiger partial charge on any atom is 0.288 e. The summed E-state index contributed by atoms with van der Waals surface area (Å²) in [6.07, 6.45) is 6.22. The predicted molar refractivity (Wildman–Crippen MR) is 120 cm³/mol. The van der Waals surface area contributed by atoms with Crippen LogP contribution in [0.15, 0.2) is 33.6 Å². The molecule has 7 nitrogen and oxygen atoms in total. The van der Waals surface area contributed by atoms with Crippen molar-refractivity contribution in [1.82, 2.24) is 20.1 Å². The van der Waals surface area contributed by atoms with Crippen LogP contribution in [-0.2, 0) is 0 Å². The molecule has 0 aliphatic heterocycles. The molecule has 0 saturated heterocycles. The molecule has 0 unspecified atom stereocenters. The van der Waals surface area contributed by atoms with E-state index in [4.69, 9.17) is 10.2 Å². The van der Waals surface area contributed by atoms with Crippen molar-refractivity contribution in [2.45, 2.75) is 51.6 Å². The van der Waals surface area contributed by atoms with E-state index in [2.05, 4.69) is 40.0 Å². The molecule has 0 spiro atoms. The highest BCUT2D eigenvalue weighted by molar-refractivity contribution is 6.03. The van der Waals surface area contributed by atoms with Gasteiger partial charge in [-0.05, 0) is 58.7 Å². The summed E-state index contributed by atoms with van der Waals surface area (Å²) >= 11 is 0. The normalized spacial score (nSPS) is 19.7. The molecule has 156 valence electrons. The molecule has 1 saturated carbocycles. The number of aromatic amines is 1. The highest BCUT2D eigenvalue weighted by Gasteiger charge is 2.27. The van der Waals surface area contributed by atoms with Crippen LogP contribution in [0, 0.1) is 13.8 Å². The van der Waals surface area contributed by atoms with E-state index in [9.17, 15) is 4.79 Å². The Hall–Kier alpha value is -3.06. The van der Waals surface area contributed by atoms with Gasteiger partial charge >= 0.3 is 0 Å². The maximum atomic E-state index is 12.8. The Balaban J connectivity index is 1.73. The molecule has 1 fully saturated rings. The molecule has 4 N–H and O–H groups in total. The SMILES string of the molecule is CNC1CCC(n2cc(-c3oc4ccc(C)cc4c3C)c3c(N)n[nH]c(=O)c32)CC1. The second-order valence-corrected chi connectivity index (χ2v) is 8.46. The molecule has 7 heteroatoms. The van der Waals surface area contributed by atoms with Gasteiger partial charge < -0.3 is 20.0 Å². The average molecular weight is 406 g/mol. The van der Waals surface area contributed by atoms with Crippen molar-refractivity contribution in [2.75, 3.05) is 12.8 Å². The highest BCUT2D eigenvalue weighted by Crippen LogP contribution is 2.41. The van der Waals surface area contributed by atoms with Gasteiger partial charge in [0.25, 0.3) is 5.56 Å². The van der Waals surface area contributed by atoms with Crippen LogP contribution in [0.5, 0.6) is 0 Å². The van der Waals surface area contributed by atoms with Gasteiger partial charge in [0.15, 0.2) is 5.82 Å². The minimum Gasteiger partial charge on any atom is -0.456 e. The third-order valence-electron chi connectivity index (χ3n) is 6.62. The van der Waals surface area contributed by atoms with Crippen molar-refractivity contribution >= 4 is 27.7 Å². The van der Waals surface area contributed by atoms with Crippen molar-refractivity contribution in [3.8, 4) is 11.3 Å². The molecular weight excluding hydrogens is 378 g/mol. The summed E-state index contributed by atoms with van der Waals surface area (Å²) in [4.78, 5) is 12.8. The molecule has 0 radical (unpaired) electrons. The number of nitrogen functional groups attached to an aromatic ring is 1.